The van der Waals surface area contributed by atoms with Gasteiger partial charge in [-0.3, -0.25) is 5.32 Å². The molecule has 1 unspecified atom stereocenters. The molecule has 0 radical (unpaired) electrons. The van der Waals surface area contributed by atoms with Crippen LogP contribution in [0.3, 0.4) is 0 Å². The van der Waals surface area contributed by atoms with E-state index in [9.17, 15) is 9.90 Å². The molecule has 2 heterocycles. The molecule has 4 nitrogen and oxygen atoms in total. The fourth-order valence-electron chi connectivity index (χ4n) is 2.76. The van der Waals surface area contributed by atoms with Crippen LogP contribution < -0.4 is 5.32 Å². The van der Waals surface area contributed by atoms with Crippen molar-refractivity contribution < 1.29 is 9.90 Å². The molecule has 0 saturated heterocycles. The van der Waals surface area contributed by atoms with E-state index in [1.807, 2.05) is 12.1 Å². The van der Waals surface area contributed by atoms with Crippen molar-refractivity contribution in [1.82, 2.24) is 10.3 Å². The van der Waals surface area contributed by atoms with Crippen molar-refractivity contribution in [3.05, 3.63) is 35.0 Å². The number of hydrogen-bond donors (Lipinski definition) is 3. The van der Waals surface area contributed by atoms with E-state index in [-0.39, 0.29) is 0 Å². The van der Waals surface area contributed by atoms with Crippen LogP contribution in [0, 0.1) is 6.92 Å². The predicted octanol–water partition coefficient (Wildman–Crippen LogP) is 1.92. The largest absolute Gasteiger partial charge is 0.480 e. The summed E-state index contributed by atoms with van der Waals surface area (Å²) in [6.45, 7) is 4.46. The van der Waals surface area contributed by atoms with E-state index in [2.05, 4.69) is 23.3 Å². The minimum absolute atomic E-state index is 0.691. The van der Waals surface area contributed by atoms with Crippen molar-refractivity contribution in [3.8, 4) is 0 Å². The van der Waals surface area contributed by atoms with E-state index in [1.165, 1.54) is 5.56 Å². The molecule has 3 N–H and O–H groups in total. The second-order valence-corrected chi connectivity index (χ2v) is 5.13. The molecule has 94 valence electrons. The number of nitrogens with one attached hydrogen (secondary N) is 2. The first kappa shape index (κ1) is 11.3. The van der Waals surface area contributed by atoms with Crippen LogP contribution in [-0.2, 0) is 16.8 Å². The molecule has 0 spiro atoms. The Morgan fingerprint density at radius 2 is 2.22 bits per heavy atom. The van der Waals surface area contributed by atoms with E-state index >= 15 is 0 Å². The number of benzene rings is 1. The normalized spacial score (nSPS) is 23.0. The lowest BCUT2D eigenvalue weighted by molar-refractivity contribution is -0.145. The van der Waals surface area contributed by atoms with Gasteiger partial charge in [0.2, 0.25) is 0 Å². The van der Waals surface area contributed by atoms with Gasteiger partial charge in [-0.2, -0.15) is 0 Å². The molecule has 1 aromatic heterocycles. The molecular weight excluding hydrogens is 228 g/mol. The van der Waals surface area contributed by atoms with Gasteiger partial charge in [0.1, 0.15) is 0 Å². The number of aryl methyl sites for hydroxylation is 1. The average molecular weight is 244 g/mol. The number of aliphatic carboxylic acids is 1. The highest BCUT2D eigenvalue weighted by atomic mass is 16.4. The highest BCUT2D eigenvalue weighted by molar-refractivity contribution is 5.90. The molecule has 18 heavy (non-hydrogen) atoms. The standard InChI is InChI=1S/C14H16N2O2/c1-8-3-4-11-10(7-8)9-5-6-15-14(2,13(17)18)12(9)16-11/h3-4,7,15-16H,5-6H2,1-2H3,(H,17,18). The van der Waals surface area contributed by atoms with Gasteiger partial charge in [-0.15, -0.1) is 0 Å². The molecule has 1 aliphatic heterocycles. The molecule has 0 bridgehead atoms. The zero-order valence-corrected chi connectivity index (χ0v) is 10.5. The summed E-state index contributed by atoms with van der Waals surface area (Å²) in [6.07, 6.45) is 0.863. The molecule has 4 heteroatoms. The van der Waals surface area contributed by atoms with Crippen LogP contribution in [0.2, 0.25) is 0 Å². The van der Waals surface area contributed by atoms with Crippen LogP contribution in [-0.4, -0.2) is 22.6 Å². The summed E-state index contributed by atoms with van der Waals surface area (Å²) in [4.78, 5) is 14.8. The minimum Gasteiger partial charge on any atom is -0.480 e. The van der Waals surface area contributed by atoms with Gasteiger partial charge in [0.05, 0.1) is 5.69 Å². The number of aromatic amines is 1. The average Bonchev–Trinajstić information content (AvgIpc) is 2.69. The highest BCUT2D eigenvalue weighted by Crippen LogP contribution is 2.34. The number of hydrogen-bond acceptors (Lipinski definition) is 2. The second kappa shape index (κ2) is 3.59. The molecular formula is C14H16N2O2. The Labute approximate surface area is 105 Å². The zero-order chi connectivity index (χ0) is 12.9. The lowest BCUT2D eigenvalue weighted by Crippen LogP contribution is -2.50. The van der Waals surface area contributed by atoms with Crippen LogP contribution in [0.5, 0.6) is 0 Å². The maximum Gasteiger partial charge on any atom is 0.329 e. The summed E-state index contributed by atoms with van der Waals surface area (Å²) in [5.74, 6) is -0.841. The van der Waals surface area contributed by atoms with Crippen LogP contribution in [0.1, 0.15) is 23.7 Å². The van der Waals surface area contributed by atoms with Crippen LogP contribution in [0.15, 0.2) is 18.2 Å². The molecule has 0 fully saturated rings. The van der Waals surface area contributed by atoms with E-state index < -0.39 is 11.5 Å². The third-order valence-electron chi connectivity index (χ3n) is 3.84. The van der Waals surface area contributed by atoms with Crippen molar-refractivity contribution in [2.45, 2.75) is 25.8 Å². The first-order chi connectivity index (χ1) is 8.52. The second-order valence-electron chi connectivity index (χ2n) is 5.13. The van der Waals surface area contributed by atoms with Gasteiger partial charge < -0.3 is 10.1 Å². The van der Waals surface area contributed by atoms with Crippen molar-refractivity contribution in [2.24, 2.45) is 0 Å². The number of carbonyl (C=O) groups is 1. The van der Waals surface area contributed by atoms with Crippen molar-refractivity contribution in [2.75, 3.05) is 6.54 Å². The summed E-state index contributed by atoms with van der Waals surface area (Å²) in [5.41, 5.74) is 3.13. The summed E-state index contributed by atoms with van der Waals surface area (Å²) in [6, 6.07) is 6.18. The van der Waals surface area contributed by atoms with E-state index in [4.69, 9.17) is 0 Å². The summed E-state index contributed by atoms with van der Waals surface area (Å²) in [5, 5.41) is 13.7. The first-order valence-electron chi connectivity index (χ1n) is 6.12. The monoisotopic (exact) mass is 244 g/mol. The van der Waals surface area contributed by atoms with Gasteiger partial charge in [0, 0.05) is 17.4 Å². The number of fused-ring (bicyclic) bond motifs is 3. The van der Waals surface area contributed by atoms with Gasteiger partial charge in [-0.05, 0) is 38.0 Å². The minimum atomic E-state index is -1.01. The van der Waals surface area contributed by atoms with Gasteiger partial charge in [0.15, 0.2) is 5.54 Å². The molecule has 3 rings (SSSR count). The molecule has 1 aromatic carbocycles. The summed E-state index contributed by atoms with van der Waals surface area (Å²) < 4.78 is 0. The maximum absolute atomic E-state index is 11.5. The van der Waals surface area contributed by atoms with Crippen molar-refractivity contribution >= 4 is 16.9 Å². The molecule has 0 aliphatic carbocycles. The number of carboxylic acids is 1. The van der Waals surface area contributed by atoms with Gasteiger partial charge in [-0.1, -0.05) is 11.6 Å². The summed E-state index contributed by atoms with van der Waals surface area (Å²) in [7, 11) is 0. The topological polar surface area (TPSA) is 65.1 Å². The smallest absolute Gasteiger partial charge is 0.329 e. The fourth-order valence-corrected chi connectivity index (χ4v) is 2.76. The third-order valence-corrected chi connectivity index (χ3v) is 3.84. The quantitative estimate of drug-likeness (QED) is 0.718. The molecule has 0 saturated carbocycles. The van der Waals surface area contributed by atoms with E-state index in [0.29, 0.717) is 6.54 Å². The van der Waals surface area contributed by atoms with E-state index in [1.54, 1.807) is 6.92 Å². The van der Waals surface area contributed by atoms with Gasteiger partial charge >= 0.3 is 5.97 Å². The third kappa shape index (κ3) is 1.39. The molecule has 0 amide bonds. The fraction of sp³-hybridized carbons (Fsp3) is 0.357. The number of rotatable bonds is 1. The number of aromatic nitrogens is 1. The summed E-state index contributed by atoms with van der Waals surface area (Å²) >= 11 is 0. The Morgan fingerprint density at radius 1 is 1.44 bits per heavy atom. The predicted molar refractivity (Wildman–Crippen MR) is 69.7 cm³/mol. The van der Waals surface area contributed by atoms with Gasteiger partial charge in [-0.25, -0.2) is 4.79 Å². The Balaban J connectivity index is 2.31. The highest BCUT2D eigenvalue weighted by Gasteiger charge is 2.41. The molecule has 1 aliphatic rings. The Bertz CT molecular complexity index is 645. The van der Waals surface area contributed by atoms with Crippen LogP contribution >= 0.6 is 0 Å². The number of carboxylic acid groups (broad SMARTS) is 1. The lowest BCUT2D eigenvalue weighted by atomic mass is 9.88. The van der Waals surface area contributed by atoms with Crippen molar-refractivity contribution in [3.63, 3.8) is 0 Å². The lowest BCUT2D eigenvalue weighted by Gasteiger charge is -2.31. The maximum atomic E-state index is 11.5. The Morgan fingerprint density at radius 3 is 2.94 bits per heavy atom. The van der Waals surface area contributed by atoms with Crippen molar-refractivity contribution in [1.29, 1.82) is 0 Å². The Hall–Kier alpha value is -1.81. The first-order valence-corrected chi connectivity index (χ1v) is 6.12. The zero-order valence-electron chi connectivity index (χ0n) is 10.5. The van der Waals surface area contributed by atoms with E-state index in [0.717, 1.165) is 28.6 Å². The number of H-pyrrole nitrogens is 1. The van der Waals surface area contributed by atoms with Gasteiger partial charge in [0.25, 0.3) is 0 Å². The molecule has 2 aromatic rings. The van der Waals surface area contributed by atoms with Crippen LogP contribution in [0.4, 0.5) is 0 Å². The Kier molecular flexibility index (Phi) is 2.25. The molecule has 1 atom stereocenters. The van der Waals surface area contributed by atoms with Crippen LogP contribution in [0.25, 0.3) is 10.9 Å². The SMILES string of the molecule is Cc1ccc2[nH]c3c(c2c1)CCNC3(C)C(=O)O.